The summed E-state index contributed by atoms with van der Waals surface area (Å²) >= 11 is 5.89. The molecule has 0 unspecified atom stereocenters. The van der Waals surface area contributed by atoms with Crippen molar-refractivity contribution < 1.29 is 0 Å². The molecule has 6 heteroatoms. The molecule has 0 amide bonds. The zero-order chi connectivity index (χ0) is 10.7. The first-order chi connectivity index (χ1) is 7.31. The van der Waals surface area contributed by atoms with Crippen LogP contribution in [0.1, 0.15) is 0 Å². The monoisotopic (exact) mass is 223 g/mol. The maximum absolute atomic E-state index is 5.89. The number of benzene rings is 1. The van der Waals surface area contributed by atoms with E-state index in [1.54, 1.807) is 4.68 Å². The van der Waals surface area contributed by atoms with Crippen LogP contribution in [0.5, 0.6) is 0 Å². The van der Waals surface area contributed by atoms with E-state index in [4.69, 9.17) is 17.3 Å². The molecule has 1 aromatic heterocycles. The summed E-state index contributed by atoms with van der Waals surface area (Å²) in [4.78, 5) is 0. The van der Waals surface area contributed by atoms with Crippen LogP contribution in [0.15, 0.2) is 24.3 Å². The van der Waals surface area contributed by atoms with Gasteiger partial charge in [-0.15, -0.1) is 5.10 Å². The van der Waals surface area contributed by atoms with Crippen LogP contribution in [0.2, 0.25) is 5.02 Å². The summed E-state index contributed by atoms with van der Waals surface area (Å²) in [6.45, 7) is 1.09. The van der Waals surface area contributed by atoms with Crippen molar-refractivity contribution in [1.29, 1.82) is 0 Å². The Morgan fingerprint density at radius 2 is 2.27 bits per heavy atom. The molecule has 2 aromatic rings. The largest absolute Gasteiger partial charge is 0.329 e. The van der Waals surface area contributed by atoms with Crippen molar-refractivity contribution in [3.05, 3.63) is 29.3 Å². The minimum Gasteiger partial charge on any atom is -0.329 e. The molecule has 0 saturated heterocycles. The number of aromatic nitrogens is 4. The minimum atomic E-state index is 0.499. The number of hydrogen-bond acceptors (Lipinski definition) is 4. The Kier molecular flexibility index (Phi) is 2.94. The van der Waals surface area contributed by atoms with E-state index in [2.05, 4.69) is 15.5 Å². The molecule has 0 saturated carbocycles. The number of nitrogens with zero attached hydrogens (tertiary/aromatic N) is 4. The van der Waals surface area contributed by atoms with Crippen LogP contribution in [0.4, 0.5) is 0 Å². The molecule has 0 radical (unpaired) electrons. The maximum Gasteiger partial charge on any atom is 0.182 e. The van der Waals surface area contributed by atoms with E-state index in [1.807, 2.05) is 24.3 Å². The number of tetrazole rings is 1. The maximum atomic E-state index is 5.89. The summed E-state index contributed by atoms with van der Waals surface area (Å²) in [6.07, 6.45) is 0. The predicted molar refractivity (Wildman–Crippen MR) is 57.3 cm³/mol. The Labute approximate surface area is 91.8 Å². The highest BCUT2D eigenvalue weighted by Crippen LogP contribution is 2.19. The van der Waals surface area contributed by atoms with Gasteiger partial charge in [-0.25, -0.2) is 4.68 Å². The third-order valence-electron chi connectivity index (χ3n) is 1.96. The van der Waals surface area contributed by atoms with E-state index in [9.17, 15) is 0 Å². The second-order valence-electron chi connectivity index (χ2n) is 3.02. The average molecular weight is 224 g/mol. The van der Waals surface area contributed by atoms with Gasteiger partial charge in [0.2, 0.25) is 0 Å². The number of hydrogen-bond donors (Lipinski definition) is 1. The average Bonchev–Trinajstić information content (AvgIpc) is 2.66. The van der Waals surface area contributed by atoms with Gasteiger partial charge in [-0.1, -0.05) is 23.7 Å². The molecule has 0 aliphatic heterocycles. The lowest BCUT2D eigenvalue weighted by molar-refractivity contribution is 0.603. The molecule has 2 rings (SSSR count). The van der Waals surface area contributed by atoms with Crippen molar-refractivity contribution in [3.63, 3.8) is 0 Å². The van der Waals surface area contributed by atoms with Crippen LogP contribution in [-0.2, 0) is 6.54 Å². The Hall–Kier alpha value is -1.46. The molecule has 15 heavy (non-hydrogen) atoms. The van der Waals surface area contributed by atoms with Crippen molar-refractivity contribution >= 4 is 11.6 Å². The van der Waals surface area contributed by atoms with E-state index in [0.29, 0.717) is 23.9 Å². The van der Waals surface area contributed by atoms with Crippen LogP contribution in [-0.4, -0.2) is 26.8 Å². The molecule has 0 bridgehead atoms. The van der Waals surface area contributed by atoms with Gasteiger partial charge in [-0.05, 0) is 22.6 Å². The molecule has 1 heterocycles. The molecular formula is C9H10ClN5. The van der Waals surface area contributed by atoms with Crippen LogP contribution >= 0.6 is 11.6 Å². The van der Waals surface area contributed by atoms with Gasteiger partial charge in [0.15, 0.2) is 5.82 Å². The van der Waals surface area contributed by atoms with Gasteiger partial charge in [-0.2, -0.15) is 0 Å². The first kappa shape index (κ1) is 10.1. The van der Waals surface area contributed by atoms with Crippen LogP contribution in [0.3, 0.4) is 0 Å². The third kappa shape index (κ3) is 2.14. The molecule has 5 nitrogen and oxygen atoms in total. The number of rotatable bonds is 3. The fourth-order valence-corrected chi connectivity index (χ4v) is 1.50. The molecule has 0 atom stereocenters. The van der Waals surface area contributed by atoms with Gasteiger partial charge in [0.1, 0.15) is 0 Å². The number of halogens is 1. The lowest BCUT2D eigenvalue weighted by atomic mass is 10.2. The van der Waals surface area contributed by atoms with Crippen molar-refractivity contribution in [2.75, 3.05) is 6.54 Å². The zero-order valence-electron chi connectivity index (χ0n) is 7.97. The fraction of sp³-hybridized carbons (Fsp3) is 0.222. The summed E-state index contributed by atoms with van der Waals surface area (Å²) in [5.41, 5.74) is 6.34. The molecule has 0 aliphatic rings. The third-order valence-corrected chi connectivity index (χ3v) is 2.19. The van der Waals surface area contributed by atoms with E-state index in [0.717, 1.165) is 5.56 Å². The summed E-state index contributed by atoms with van der Waals surface area (Å²) in [7, 11) is 0. The summed E-state index contributed by atoms with van der Waals surface area (Å²) in [5.74, 6) is 0.683. The molecular weight excluding hydrogens is 214 g/mol. The Morgan fingerprint density at radius 3 is 3.00 bits per heavy atom. The topological polar surface area (TPSA) is 69.6 Å². The molecule has 1 aromatic carbocycles. The minimum absolute atomic E-state index is 0.499. The van der Waals surface area contributed by atoms with Gasteiger partial charge < -0.3 is 5.73 Å². The highest BCUT2D eigenvalue weighted by molar-refractivity contribution is 6.30. The summed E-state index contributed by atoms with van der Waals surface area (Å²) < 4.78 is 1.66. The molecule has 2 N–H and O–H groups in total. The molecule has 0 fully saturated rings. The predicted octanol–water partition coefficient (Wildman–Crippen LogP) is 0.952. The van der Waals surface area contributed by atoms with E-state index in [1.165, 1.54) is 0 Å². The van der Waals surface area contributed by atoms with Crippen molar-refractivity contribution in [2.45, 2.75) is 6.54 Å². The highest BCUT2D eigenvalue weighted by atomic mass is 35.5. The van der Waals surface area contributed by atoms with E-state index < -0.39 is 0 Å². The Morgan fingerprint density at radius 1 is 1.40 bits per heavy atom. The number of nitrogens with two attached hydrogens (primary N) is 1. The smallest absolute Gasteiger partial charge is 0.182 e. The van der Waals surface area contributed by atoms with E-state index >= 15 is 0 Å². The first-order valence-electron chi connectivity index (χ1n) is 4.53. The second-order valence-corrected chi connectivity index (χ2v) is 3.46. The van der Waals surface area contributed by atoms with Gasteiger partial charge in [0.05, 0.1) is 6.54 Å². The van der Waals surface area contributed by atoms with Gasteiger partial charge in [0.25, 0.3) is 0 Å². The van der Waals surface area contributed by atoms with Gasteiger partial charge in [0, 0.05) is 17.1 Å². The van der Waals surface area contributed by atoms with Crippen molar-refractivity contribution in [2.24, 2.45) is 5.73 Å². The normalized spacial score (nSPS) is 10.5. The van der Waals surface area contributed by atoms with Gasteiger partial charge >= 0.3 is 0 Å². The standard InChI is InChI=1S/C9H10ClN5/c10-8-3-1-2-7(6-8)9-12-13-14-15(9)5-4-11/h1-3,6H,4-5,11H2. The van der Waals surface area contributed by atoms with Gasteiger partial charge in [-0.3, -0.25) is 0 Å². The fourth-order valence-electron chi connectivity index (χ4n) is 1.31. The van der Waals surface area contributed by atoms with Crippen molar-refractivity contribution in [1.82, 2.24) is 20.2 Å². The van der Waals surface area contributed by atoms with Crippen LogP contribution in [0, 0.1) is 0 Å². The van der Waals surface area contributed by atoms with Crippen LogP contribution in [0.25, 0.3) is 11.4 Å². The zero-order valence-corrected chi connectivity index (χ0v) is 8.72. The SMILES string of the molecule is NCCn1nnnc1-c1cccc(Cl)c1. The Balaban J connectivity index is 2.40. The summed E-state index contributed by atoms with van der Waals surface area (Å²) in [5, 5.41) is 12.1. The summed E-state index contributed by atoms with van der Waals surface area (Å²) in [6, 6.07) is 7.39. The van der Waals surface area contributed by atoms with E-state index in [-0.39, 0.29) is 0 Å². The second kappa shape index (κ2) is 4.37. The lowest BCUT2D eigenvalue weighted by Gasteiger charge is -2.02. The Bertz CT molecular complexity index is 453. The van der Waals surface area contributed by atoms with Crippen LogP contribution < -0.4 is 5.73 Å². The molecule has 78 valence electrons. The van der Waals surface area contributed by atoms with Crippen molar-refractivity contribution in [3.8, 4) is 11.4 Å². The molecule has 0 spiro atoms. The quantitative estimate of drug-likeness (QED) is 0.841. The first-order valence-corrected chi connectivity index (χ1v) is 4.91. The lowest BCUT2D eigenvalue weighted by Crippen LogP contribution is -2.12. The highest BCUT2D eigenvalue weighted by Gasteiger charge is 2.07. The molecule has 0 aliphatic carbocycles.